The molecular weight excluding hydrogens is 424 g/mol. The van der Waals surface area contributed by atoms with Crippen LogP contribution >= 0.6 is 23.4 Å². The predicted molar refractivity (Wildman–Crippen MR) is 115 cm³/mol. The topological polar surface area (TPSA) is 82.1 Å². The molecule has 2 fully saturated rings. The van der Waals surface area contributed by atoms with E-state index in [0.717, 1.165) is 55.8 Å². The number of anilines is 1. The van der Waals surface area contributed by atoms with Gasteiger partial charge in [0, 0.05) is 30.3 Å². The largest absolute Gasteiger partial charge is 0.376 e. The number of thioether (sulfide) groups is 1. The monoisotopic (exact) mass is 446 g/mol. The summed E-state index contributed by atoms with van der Waals surface area (Å²) in [6.07, 6.45) is 4.82. The first kappa shape index (κ1) is 19.8. The third-order valence-electron chi connectivity index (χ3n) is 5.39. The first-order valence-corrected chi connectivity index (χ1v) is 11.6. The van der Waals surface area contributed by atoms with Gasteiger partial charge in [0.2, 0.25) is 5.95 Å². The first-order valence-electron chi connectivity index (χ1n) is 10.3. The minimum Gasteiger partial charge on any atom is -0.376 e. The first-order chi connectivity index (χ1) is 14.8. The van der Waals surface area contributed by atoms with Crippen LogP contribution in [-0.4, -0.2) is 50.7 Å². The minimum absolute atomic E-state index is 0.225. The standard InChI is InChI=1S/C20H23ClN6O2S/c21-15-7-5-14(6-8-15)18-22-17(25-29-18)13-30-20-24-23-19(26-9-1-2-10-26)27(20)12-16-4-3-11-28-16/h5-8,16H,1-4,9-13H2/t16-/m0/s1. The van der Waals surface area contributed by atoms with E-state index in [1.165, 1.54) is 12.8 Å². The molecule has 2 saturated heterocycles. The summed E-state index contributed by atoms with van der Waals surface area (Å²) in [5.74, 6) is 2.61. The van der Waals surface area contributed by atoms with E-state index in [2.05, 4.69) is 29.8 Å². The van der Waals surface area contributed by atoms with Crippen molar-refractivity contribution < 1.29 is 9.26 Å². The summed E-state index contributed by atoms with van der Waals surface area (Å²) in [7, 11) is 0. The lowest BCUT2D eigenvalue weighted by Gasteiger charge is -2.20. The van der Waals surface area contributed by atoms with E-state index >= 15 is 0 Å². The molecule has 3 aromatic rings. The molecule has 1 aromatic carbocycles. The Kier molecular flexibility index (Phi) is 5.92. The van der Waals surface area contributed by atoms with Gasteiger partial charge in [-0.25, -0.2) is 0 Å². The fraction of sp³-hybridized carbons (Fsp3) is 0.500. The second kappa shape index (κ2) is 8.95. The average molecular weight is 447 g/mol. The lowest BCUT2D eigenvalue weighted by Crippen LogP contribution is -2.25. The van der Waals surface area contributed by atoms with Gasteiger partial charge in [-0.05, 0) is 49.9 Å². The molecule has 0 radical (unpaired) electrons. The SMILES string of the molecule is Clc1ccc(-c2nc(CSc3nnc(N4CCCC4)n3C[C@@H]3CCCO3)no2)cc1. The van der Waals surface area contributed by atoms with Gasteiger partial charge in [0.05, 0.1) is 18.4 Å². The molecule has 0 unspecified atom stereocenters. The van der Waals surface area contributed by atoms with Crippen LogP contribution in [0.2, 0.25) is 5.02 Å². The summed E-state index contributed by atoms with van der Waals surface area (Å²) in [4.78, 5) is 6.83. The summed E-state index contributed by atoms with van der Waals surface area (Å²) >= 11 is 7.52. The van der Waals surface area contributed by atoms with Crippen molar-refractivity contribution in [2.45, 2.75) is 49.2 Å². The van der Waals surface area contributed by atoms with Crippen LogP contribution in [0.3, 0.4) is 0 Å². The zero-order chi connectivity index (χ0) is 20.3. The second-order valence-corrected chi connectivity index (χ2v) is 8.91. The van der Waals surface area contributed by atoms with Crippen LogP contribution in [0.1, 0.15) is 31.5 Å². The van der Waals surface area contributed by atoms with Crippen LogP contribution < -0.4 is 4.90 Å². The maximum absolute atomic E-state index is 5.95. The Morgan fingerprint density at radius 3 is 2.70 bits per heavy atom. The molecule has 0 bridgehead atoms. The highest BCUT2D eigenvalue weighted by Crippen LogP contribution is 2.29. The van der Waals surface area contributed by atoms with E-state index in [9.17, 15) is 0 Å². The van der Waals surface area contributed by atoms with E-state index < -0.39 is 0 Å². The summed E-state index contributed by atoms with van der Waals surface area (Å²) in [6, 6.07) is 7.35. The van der Waals surface area contributed by atoms with Gasteiger partial charge in [-0.15, -0.1) is 10.2 Å². The lowest BCUT2D eigenvalue weighted by molar-refractivity contribution is 0.0952. The van der Waals surface area contributed by atoms with Gasteiger partial charge in [0.1, 0.15) is 0 Å². The highest BCUT2D eigenvalue weighted by molar-refractivity contribution is 7.98. The minimum atomic E-state index is 0.225. The summed E-state index contributed by atoms with van der Waals surface area (Å²) < 4.78 is 13.5. The van der Waals surface area contributed by atoms with Gasteiger partial charge in [-0.3, -0.25) is 4.57 Å². The molecule has 4 heterocycles. The average Bonchev–Trinajstić information content (AvgIpc) is 3.55. The maximum Gasteiger partial charge on any atom is 0.257 e. The molecule has 2 aromatic heterocycles. The molecule has 8 nitrogen and oxygen atoms in total. The smallest absolute Gasteiger partial charge is 0.257 e. The molecule has 5 rings (SSSR count). The molecule has 0 amide bonds. The summed E-state index contributed by atoms with van der Waals surface area (Å²) in [6.45, 7) is 3.68. The van der Waals surface area contributed by atoms with Crippen LogP contribution in [0, 0.1) is 0 Å². The molecule has 0 aliphatic carbocycles. The molecular formula is C20H23ClN6O2S. The Bertz CT molecular complexity index is 980. The van der Waals surface area contributed by atoms with Crippen molar-refractivity contribution in [3.8, 4) is 11.5 Å². The summed E-state index contributed by atoms with van der Waals surface area (Å²) in [5.41, 5.74) is 0.848. The fourth-order valence-corrected chi connectivity index (χ4v) is 4.75. The Balaban J connectivity index is 1.31. The van der Waals surface area contributed by atoms with Crippen molar-refractivity contribution in [1.29, 1.82) is 0 Å². The molecule has 1 atom stereocenters. The lowest BCUT2D eigenvalue weighted by atomic mass is 10.2. The van der Waals surface area contributed by atoms with Crippen molar-refractivity contribution in [2.24, 2.45) is 0 Å². The van der Waals surface area contributed by atoms with Gasteiger partial charge in [0.15, 0.2) is 11.0 Å². The molecule has 0 N–H and O–H groups in total. The van der Waals surface area contributed by atoms with Crippen molar-refractivity contribution in [3.05, 3.63) is 35.1 Å². The van der Waals surface area contributed by atoms with E-state index in [1.54, 1.807) is 11.8 Å². The molecule has 30 heavy (non-hydrogen) atoms. The zero-order valence-electron chi connectivity index (χ0n) is 16.5. The number of rotatable bonds is 7. The van der Waals surface area contributed by atoms with Crippen molar-refractivity contribution in [1.82, 2.24) is 24.9 Å². The summed E-state index contributed by atoms with van der Waals surface area (Å²) in [5, 5.41) is 14.6. The number of benzene rings is 1. The van der Waals surface area contributed by atoms with Crippen LogP contribution in [-0.2, 0) is 17.0 Å². The number of aromatic nitrogens is 5. The van der Waals surface area contributed by atoms with E-state index in [1.807, 2.05) is 24.3 Å². The Hall–Kier alpha value is -2.10. The zero-order valence-corrected chi connectivity index (χ0v) is 18.1. The third kappa shape index (κ3) is 4.33. The third-order valence-corrected chi connectivity index (χ3v) is 6.60. The number of ether oxygens (including phenoxy) is 1. The number of hydrogen-bond acceptors (Lipinski definition) is 8. The predicted octanol–water partition coefficient (Wildman–Crippen LogP) is 4.05. The normalized spacial score (nSPS) is 19.1. The highest BCUT2D eigenvalue weighted by Gasteiger charge is 2.25. The van der Waals surface area contributed by atoms with Crippen LogP contribution in [0.5, 0.6) is 0 Å². The van der Waals surface area contributed by atoms with E-state index in [4.69, 9.17) is 20.9 Å². The van der Waals surface area contributed by atoms with E-state index in [0.29, 0.717) is 22.5 Å². The quantitative estimate of drug-likeness (QED) is 0.502. The molecule has 2 aliphatic rings. The Morgan fingerprint density at radius 1 is 1.10 bits per heavy atom. The van der Waals surface area contributed by atoms with E-state index in [-0.39, 0.29) is 6.10 Å². The molecule has 0 saturated carbocycles. The molecule has 0 spiro atoms. The number of nitrogens with zero attached hydrogens (tertiary/aromatic N) is 6. The molecule has 2 aliphatic heterocycles. The van der Waals surface area contributed by atoms with Crippen LogP contribution in [0.15, 0.2) is 33.9 Å². The molecule has 10 heteroatoms. The Morgan fingerprint density at radius 2 is 1.93 bits per heavy atom. The second-order valence-electron chi connectivity index (χ2n) is 7.53. The fourth-order valence-electron chi connectivity index (χ4n) is 3.84. The van der Waals surface area contributed by atoms with Gasteiger partial charge in [0.25, 0.3) is 5.89 Å². The van der Waals surface area contributed by atoms with Gasteiger partial charge < -0.3 is 14.2 Å². The van der Waals surface area contributed by atoms with Crippen LogP contribution in [0.25, 0.3) is 11.5 Å². The van der Waals surface area contributed by atoms with Gasteiger partial charge in [-0.1, -0.05) is 28.5 Å². The highest BCUT2D eigenvalue weighted by atomic mass is 35.5. The molecule has 158 valence electrons. The Labute approximate surface area is 183 Å². The van der Waals surface area contributed by atoms with Crippen LogP contribution in [0.4, 0.5) is 5.95 Å². The number of halogens is 1. The van der Waals surface area contributed by atoms with Crippen molar-refractivity contribution >= 4 is 29.3 Å². The van der Waals surface area contributed by atoms with Gasteiger partial charge in [-0.2, -0.15) is 4.98 Å². The van der Waals surface area contributed by atoms with Gasteiger partial charge >= 0.3 is 0 Å². The van der Waals surface area contributed by atoms with Crippen molar-refractivity contribution in [3.63, 3.8) is 0 Å². The maximum atomic E-state index is 5.95. The van der Waals surface area contributed by atoms with Crippen molar-refractivity contribution in [2.75, 3.05) is 24.6 Å². The number of hydrogen-bond donors (Lipinski definition) is 0.